The van der Waals surface area contributed by atoms with E-state index < -0.39 is 5.60 Å². The first-order valence-corrected chi connectivity index (χ1v) is 8.11. The maximum Gasteiger partial charge on any atom is 0.255 e. The van der Waals surface area contributed by atoms with Gasteiger partial charge < -0.3 is 14.4 Å². The zero-order valence-corrected chi connectivity index (χ0v) is 13.8. The summed E-state index contributed by atoms with van der Waals surface area (Å²) < 4.78 is 11.9. The van der Waals surface area contributed by atoms with E-state index in [9.17, 15) is 4.79 Å². The first kappa shape index (κ1) is 16.3. The van der Waals surface area contributed by atoms with Gasteiger partial charge in [0.1, 0.15) is 5.60 Å². The fraction of sp³-hybridized carbons (Fsp3) is 0.688. The minimum Gasteiger partial charge on any atom is -0.376 e. The van der Waals surface area contributed by atoms with E-state index in [1.165, 1.54) is 12.4 Å². The highest BCUT2D eigenvalue weighted by atomic mass is 16.5. The van der Waals surface area contributed by atoms with Crippen LogP contribution in [0.4, 0.5) is 0 Å². The third-order valence-corrected chi connectivity index (χ3v) is 4.48. The van der Waals surface area contributed by atoms with E-state index in [1.807, 2.05) is 4.90 Å². The van der Waals surface area contributed by atoms with Gasteiger partial charge in [-0.1, -0.05) is 0 Å². The molecule has 1 spiro atoms. The van der Waals surface area contributed by atoms with E-state index in [-0.39, 0.29) is 5.91 Å². The first-order valence-electron chi connectivity index (χ1n) is 8.11. The summed E-state index contributed by atoms with van der Waals surface area (Å²) in [6.45, 7) is 8.88. The Kier molecular flexibility index (Phi) is 4.89. The number of hydrogen-bond acceptors (Lipinski definition) is 6. The number of rotatable bonds is 2. The maximum absolute atomic E-state index is 12.7. The Hall–Kier alpha value is -1.57. The van der Waals surface area contributed by atoms with E-state index in [2.05, 4.69) is 28.9 Å². The van der Waals surface area contributed by atoms with Crippen LogP contribution >= 0.6 is 0 Å². The minimum absolute atomic E-state index is 0.0463. The molecule has 23 heavy (non-hydrogen) atoms. The Morgan fingerprint density at radius 1 is 1.26 bits per heavy atom. The lowest BCUT2D eigenvalue weighted by atomic mass is 10.0. The molecule has 2 fully saturated rings. The molecule has 7 heteroatoms. The normalized spacial score (nSPS) is 26.5. The van der Waals surface area contributed by atoms with Crippen LogP contribution < -0.4 is 0 Å². The molecule has 2 aliphatic heterocycles. The molecule has 3 heterocycles. The van der Waals surface area contributed by atoms with E-state index in [0.29, 0.717) is 44.5 Å². The Bertz CT molecular complexity index is 539. The lowest BCUT2D eigenvalue weighted by Crippen LogP contribution is -2.60. The quantitative estimate of drug-likeness (QED) is 0.787. The topological polar surface area (TPSA) is 67.8 Å². The summed E-state index contributed by atoms with van der Waals surface area (Å²) in [6.07, 6.45) is 3.04. The Morgan fingerprint density at radius 3 is 2.87 bits per heavy atom. The van der Waals surface area contributed by atoms with Crippen LogP contribution in [0.5, 0.6) is 0 Å². The summed E-state index contributed by atoms with van der Waals surface area (Å²) in [4.78, 5) is 16.9. The van der Waals surface area contributed by atoms with Crippen LogP contribution in [0, 0.1) is 0 Å². The molecule has 1 aromatic rings. The van der Waals surface area contributed by atoms with E-state index in [4.69, 9.17) is 9.47 Å². The van der Waals surface area contributed by atoms with Crippen LogP contribution in [0.3, 0.4) is 0 Å². The van der Waals surface area contributed by atoms with Gasteiger partial charge in [-0.2, -0.15) is 10.2 Å². The van der Waals surface area contributed by atoms with Gasteiger partial charge in [-0.25, -0.2) is 0 Å². The molecule has 0 bridgehead atoms. The highest BCUT2D eigenvalue weighted by Crippen LogP contribution is 2.24. The molecule has 2 saturated heterocycles. The zero-order valence-electron chi connectivity index (χ0n) is 13.8. The van der Waals surface area contributed by atoms with Gasteiger partial charge in [0.25, 0.3) is 5.91 Å². The fourth-order valence-electron chi connectivity index (χ4n) is 3.18. The van der Waals surface area contributed by atoms with Crippen molar-refractivity contribution in [2.24, 2.45) is 0 Å². The molecule has 1 atom stereocenters. The monoisotopic (exact) mass is 320 g/mol. The molecule has 126 valence electrons. The van der Waals surface area contributed by atoms with Crippen molar-refractivity contribution >= 4 is 5.91 Å². The van der Waals surface area contributed by atoms with Gasteiger partial charge in [0.15, 0.2) is 0 Å². The van der Waals surface area contributed by atoms with Crippen molar-refractivity contribution < 1.29 is 14.3 Å². The highest BCUT2D eigenvalue weighted by molar-refractivity contribution is 5.93. The first-order chi connectivity index (χ1) is 11.1. The lowest BCUT2D eigenvalue weighted by molar-refractivity contribution is -0.144. The van der Waals surface area contributed by atoms with Gasteiger partial charge in [-0.15, -0.1) is 0 Å². The predicted molar refractivity (Wildman–Crippen MR) is 84.1 cm³/mol. The smallest absolute Gasteiger partial charge is 0.255 e. The van der Waals surface area contributed by atoms with Crippen molar-refractivity contribution in [1.29, 1.82) is 0 Å². The van der Waals surface area contributed by atoms with E-state index in [1.54, 1.807) is 6.07 Å². The van der Waals surface area contributed by atoms with Gasteiger partial charge in [0.05, 0.1) is 44.3 Å². The highest BCUT2D eigenvalue weighted by Gasteiger charge is 2.42. The van der Waals surface area contributed by atoms with E-state index in [0.717, 1.165) is 13.1 Å². The molecular formula is C16H24N4O3. The number of nitrogens with zero attached hydrogens (tertiary/aromatic N) is 4. The van der Waals surface area contributed by atoms with Crippen molar-refractivity contribution in [3.05, 3.63) is 24.0 Å². The third-order valence-electron chi connectivity index (χ3n) is 4.48. The molecule has 1 unspecified atom stereocenters. The van der Waals surface area contributed by atoms with Crippen LogP contribution in [0.1, 0.15) is 24.2 Å². The Balaban J connectivity index is 1.77. The molecule has 1 aromatic heterocycles. The molecule has 0 radical (unpaired) electrons. The van der Waals surface area contributed by atoms with Crippen molar-refractivity contribution in [3.8, 4) is 0 Å². The molecule has 7 nitrogen and oxygen atoms in total. The predicted octanol–water partition coefficient (Wildman–Crippen LogP) is 0.428. The fourth-order valence-corrected chi connectivity index (χ4v) is 3.18. The number of ether oxygens (including phenoxy) is 2. The summed E-state index contributed by atoms with van der Waals surface area (Å²) in [6, 6.07) is 2.14. The Labute approximate surface area is 136 Å². The number of morpholine rings is 1. The van der Waals surface area contributed by atoms with Crippen LogP contribution in [-0.4, -0.2) is 83.5 Å². The average molecular weight is 320 g/mol. The number of carbonyl (C=O) groups excluding carboxylic acids is 1. The number of aromatic nitrogens is 2. The van der Waals surface area contributed by atoms with Crippen LogP contribution in [-0.2, 0) is 9.47 Å². The molecule has 1 amide bonds. The number of carbonyl (C=O) groups is 1. The lowest BCUT2D eigenvalue weighted by Gasteiger charge is -2.44. The minimum atomic E-state index is -0.449. The molecular weight excluding hydrogens is 296 g/mol. The average Bonchev–Trinajstić information content (AvgIpc) is 2.77. The largest absolute Gasteiger partial charge is 0.376 e. The Morgan fingerprint density at radius 2 is 2.13 bits per heavy atom. The summed E-state index contributed by atoms with van der Waals surface area (Å²) in [7, 11) is 0. The van der Waals surface area contributed by atoms with Crippen LogP contribution in [0.2, 0.25) is 0 Å². The summed E-state index contributed by atoms with van der Waals surface area (Å²) >= 11 is 0. The summed E-state index contributed by atoms with van der Waals surface area (Å²) in [5.41, 5.74) is 0.100. The van der Waals surface area contributed by atoms with Crippen molar-refractivity contribution in [1.82, 2.24) is 20.0 Å². The third kappa shape index (κ3) is 3.68. The molecule has 0 aromatic carbocycles. The van der Waals surface area contributed by atoms with Gasteiger partial charge >= 0.3 is 0 Å². The molecule has 0 N–H and O–H groups in total. The van der Waals surface area contributed by atoms with Gasteiger partial charge in [-0.3, -0.25) is 9.69 Å². The molecule has 2 aliphatic rings. The maximum atomic E-state index is 12.7. The second-order valence-electron chi connectivity index (χ2n) is 6.51. The standard InChI is InChI=1S/C16H24N4O3/c1-13(2)19-6-8-23-16(10-19)11-20(5-7-22-12-16)15(21)14-3-4-17-18-9-14/h3-4,9,13H,5-8,10-12H2,1-2H3. The molecule has 0 aliphatic carbocycles. The van der Waals surface area contributed by atoms with Gasteiger partial charge in [0.2, 0.25) is 0 Å². The van der Waals surface area contributed by atoms with Crippen molar-refractivity contribution in [2.45, 2.75) is 25.5 Å². The van der Waals surface area contributed by atoms with Crippen LogP contribution in [0.15, 0.2) is 18.5 Å². The van der Waals surface area contributed by atoms with Gasteiger partial charge in [0, 0.05) is 25.7 Å². The SMILES string of the molecule is CC(C)N1CCOC2(COCCN(C(=O)c3ccnnc3)C2)C1. The molecule has 0 saturated carbocycles. The second kappa shape index (κ2) is 6.90. The summed E-state index contributed by atoms with van der Waals surface area (Å²) in [5.74, 6) is -0.0463. The van der Waals surface area contributed by atoms with Crippen molar-refractivity contribution in [2.75, 3.05) is 46.0 Å². The number of hydrogen-bond donors (Lipinski definition) is 0. The molecule has 3 rings (SSSR count). The summed E-state index contributed by atoms with van der Waals surface area (Å²) in [5, 5.41) is 7.52. The van der Waals surface area contributed by atoms with E-state index >= 15 is 0 Å². The zero-order chi connectivity index (χ0) is 16.3. The van der Waals surface area contributed by atoms with Crippen LogP contribution in [0.25, 0.3) is 0 Å². The number of amides is 1. The second-order valence-corrected chi connectivity index (χ2v) is 6.51. The van der Waals surface area contributed by atoms with Gasteiger partial charge in [-0.05, 0) is 19.9 Å². The van der Waals surface area contributed by atoms with Crippen molar-refractivity contribution in [3.63, 3.8) is 0 Å².